The molecule has 21 heavy (non-hydrogen) atoms. The van der Waals surface area contributed by atoms with Crippen molar-refractivity contribution in [1.29, 1.82) is 0 Å². The quantitative estimate of drug-likeness (QED) is 0.751. The molecule has 0 unspecified atom stereocenters. The van der Waals surface area contributed by atoms with E-state index in [1.165, 1.54) is 12.2 Å². The number of aromatic nitrogens is 1. The van der Waals surface area contributed by atoms with Gasteiger partial charge in [-0.3, -0.25) is 0 Å². The van der Waals surface area contributed by atoms with Gasteiger partial charge in [-0.15, -0.1) is 0 Å². The van der Waals surface area contributed by atoms with E-state index in [0.29, 0.717) is 0 Å². The third kappa shape index (κ3) is 3.94. The fourth-order valence-corrected chi connectivity index (χ4v) is 2.71. The maximum absolute atomic E-state index is 5.37. The molecule has 114 valence electrons. The minimum Gasteiger partial charge on any atom is -0.493 e. The van der Waals surface area contributed by atoms with E-state index < -0.39 is 0 Å². The number of hydrogen-bond acceptors (Lipinski definition) is 5. The minimum atomic E-state index is 0.725. The van der Waals surface area contributed by atoms with Gasteiger partial charge < -0.3 is 14.8 Å². The first kappa shape index (κ1) is 15.8. The summed E-state index contributed by atoms with van der Waals surface area (Å²) in [5, 5.41) is 5.57. The predicted molar refractivity (Wildman–Crippen MR) is 91.0 cm³/mol. The molecule has 0 saturated heterocycles. The lowest BCUT2D eigenvalue weighted by atomic mass is 10.1. The van der Waals surface area contributed by atoms with Crippen LogP contribution in [0.4, 0.5) is 5.82 Å². The zero-order valence-corrected chi connectivity index (χ0v) is 13.6. The maximum atomic E-state index is 5.37. The molecule has 0 aliphatic carbocycles. The van der Waals surface area contributed by atoms with Gasteiger partial charge in [0.05, 0.1) is 14.2 Å². The zero-order valence-electron chi connectivity index (χ0n) is 12.8. The van der Waals surface area contributed by atoms with Crippen LogP contribution in [-0.2, 0) is 0 Å². The molecule has 0 fully saturated rings. The van der Waals surface area contributed by atoms with Crippen LogP contribution in [0.25, 0.3) is 10.8 Å². The van der Waals surface area contributed by atoms with Crippen LogP contribution in [0.1, 0.15) is 12.8 Å². The third-order valence-corrected chi connectivity index (χ3v) is 4.03. The van der Waals surface area contributed by atoms with Gasteiger partial charge in [-0.1, -0.05) is 0 Å². The number of methoxy groups -OCH3 is 2. The number of thioether (sulfide) groups is 1. The highest BCUT2D eigenvalue weighted by Gasteiger charge is 2.09. The van der Waals surface area contributed by atoms with Gasteiger partial charge in [0.15, 0.2) is 11.5 Å². The fourth-order valence-electron chi connectivity index (χ4n) is 2.22. The Labute approximate surface area is 130 Å². The molecular formula is C16H22N2O2S. The van der Waals surface area contributed by atoms with Gasteiger partial charge in [0, 0.05) is 18.1 Å². The molecule has 4 nitrogen and oxygen atoms in total. The molecule has 2 aromatic rings. The molecule has 2 rings (SSSR count). The molecule has 0 amide bonds. The van der Waals surface area contributed by atoms with Crippen LogP contribution in [-0.4, -0.2) is 37.8 Å². The number of fused-ring (bicyclic) bond motifs is 1. The second-order valence-corrected chi connectivity index (χ2v) is 5.70. The van der Waals surface area contributed by atoms with Crippen LogP contribution in [0.5, 0.6) is 11.5 Å². The van der Waals surface area contributed by atoms with Crippen LogP contribution < -0.4 is 14.8 Å². The third-order valence-electron chi connectivity index (χ3n) is 3.34. The van der Waals surface area contributed by atoms with E-state index in [1.54, 1.807) is 14.2 Å². The zero-order chi connectivity index (χ0) is 15.1. The summed E-state index contributed by atoms with van der Waals surface area (Å²) in [6.45, 7) is 0.932. The van der Waals surface area contributed by atoms with E-state index >= 15 is 0 Å². The lowest BCUT2D eigenvalue weighted by molar-refractivity contribution is 0.356. The lowest BCUT2D eigenvalue weighted by Gasteiger charge is -2.12. The molecular weight excluding hydrogens is 284 g/mol. The standard InChI is InChI=1S/C16H22N2O2S/c1-19-14-10-12-6-8-18-16(13(12)11-15(14)20-2)17-7-4-5-9-21-3/h6,8,10-11H,4-5,7,9H2,1-3H3,(H,17,18). The molecule has 1 aromatic heterocycles. The largest absolute Gasteiger partial charge is 0.493 e. The number of unbranched alkanes of at least 4 members (excludes halogenated alkanes) is 1. The first-order valence-corrected chi connectivity index (χ1v) is 8.43. The van der Waals surface area contributed by atoms with Crippen LogP contribution in [0.2, 0.25) is 0 Å². The Balaban J connectivity index is 2.19. The van der Waals surface area contributed by atoms with Crippen molar-refractivity contribution in [2.45, 2.75) is 12.8 Å². The molecule has 1 aromatic carbocycles. The SMILES string of the molecule is COc1cc2ccnc(NCCCCSC)c2cc1OC. The lowest BCUT2D eigenvalue weighted by Crippen LogP contribution is -2.04. The van der Waals surface area contributed by atoms with Gasteiger partial charge in [0.25, 0.3) is 0 Å². The van der Waals surface area contributed by atoms with E-state index in [2.05, 4.69) is 16.6 Å². The molecule has 0 aliphatic heterocycles. The van der Waals surface area contributed by atoms with E-state index in [9.17, 15) is 0 Å². The fraction of sp³-hybridized carbons (Fsp3) is 0.438. The van der Waals surface area contributed by atoms with Crippen molar-refractivity contribution in [1.82, 2.24) is 4.98 Å². The van der Waals surface area contributed by atoms with Crippen molar-refractivity contribution in [3.8, 4) is 11.5 Å². The smallest absolute Gasteiger partial charge is 0.161 e. The first-order valence-electron chi connectivity index (χ1n) is 7.03. The van der Waals surface area contributed by atoms with Gasteiger partial charge in [-0.25, -0.2) is 4.98 Å². The highest BCUT2D eigenvalue weighted by Crippen LogP contribution is 2.34. The summed E-state index contributed by atoms with van der Waals surface area (Å²) in [4.78, 5) is 4.44. The van der Waals surface area contributed by atoms with Crippen molar-refractivity contribution < 1.29 is 9.47 Å². The van der Waals surface area contributed by atoms with E-state index in [-0.39, 0.29) is 0 Å². The topological polar surface area (TPSA) is 43.4 Å². The molecule has 0 radical (unpaired) electrons. The summed E-state index contributed by atoms with van der Waals surface area (Å²) in [6, 6.07) is 5.94. The first-order chi connectivity index (χ1) is 10.3. The Kier molecular flexibility index (Phi) is 5.99. The highest BCUT2D eigenvalue weighted by atomic mass is 32.2. The average Bonchev–Trinajstić information content (AvgIpc) is 2.53. The van der Waals surface area contributed by atoms with E-state index in [1.807, 2.05) is 36.2 Å². The molecule has 0 bridgehead atoms. The summed E-state index contributed by atoms with van der Waals surface area (Å²) >= 11 is 1.89. The minimum absolute atomic E-state index is 0.725. The molecule has 5 heteroatoms. The van der Waals surface area contributed by atoms with Crippen molar-refractivity contribution in [3.05, 3.63) is 24.4 Å². The van der Waals surface area contributed by atoms with Gasteiger partial charge in [0.1, 0.15) is 5.82 Å². The maximum Gasteiger partial charge on any atom is 0.161 e. The number of nitrogens with one attached hydrogen (secondary N) is 1. The average molecular weight is 306 g/mol. The van der Waals surface area contributed by atoms with Gasteiger partial charge in [-0.05, 0) is 48.4 Å². The molecule has 0 atom stereocenters. The van der Waals surface area contributed by atoms with E-state index in [4.69, 9.17) is 9.47 Å². The molecule has 0 spiro atoms. The number of hydrogen-bond donors (Lipinski definition) is 1. The predicted octanol–water partition coefficient (Wildman–Crippen LogP) is 3.81. The summed E-state index contributed by atoms with van der Waals surface area (Å²) in [7, 11) is 3.30. The Morgan fingerprint density at radius 1 is 1.14 bits per heavy atom. The summed E-state index contributed by atoms with van der Waals surface area (Å²) < 4.78 is 10.7. The number of nitrogens with zero attached hydrogens (tertiary/aromatic N) is 1. The Morgan fingerprint density at radius 3 is 2.62 bits per heavy atom. The number of pyridine rings is 1. The summed E-state index contributed by atoms with van der Waals surface area (Å²) in [6.07, 6.45) is 6.32. The Hall–Kier alpha value is -1.62. The molecule has 0 saturated carbocycles. The van der Waals surface area contributed by atoms with Crippen LogP contribution in [0.3, 0.4) is 0 Å². The van der Waals surface area contributed by atoms with Crippen molar-refractivity contribution in [2.24, 2.45) is 0 Å². The normalized spacial score (nSPS) is 10.6. The second kappa shape index (κ2) is 7.98. The number of benzene rings is 1. The monoisotopic (exact) mass is 306 g/mol. The van der Waals surface area contributed by atoms with Crippen LogP contribution >= 0.6 is 11.8 Å². The molecule has 1 N–H and O–H groups in total. The number of anilines is 1. The Bertz CT molecular complexity index is 590. The number of rotatable bonds is 8. The van der Waals surface area contributed by atoms with Crippen molar-refractivity contribution >= 4 is 28.4 Å². The van der Waals surface area contributed by atoms with Crippen molar-refractivity contribution in [3.63, 3.8) is 0 Å². The second-order valence-electron chi connectivity index (χ2n) is 4.71. The van der Waals surface area contributed by atoms with Gasteiger partial charge in [-0.2, -0.15) is 11.8 Å². The van der Waals surface area contributed by atoms with E-state index in [0.717, 1.165) is 41.1 Å². The number of ether oxygens (including phenoxy) is 2. The van der Waals surface area contributed by atoms with Crippen LogP contribution in [0, 0.1) is 0 Å². The van der Waals surface area contributed by atoms with Crippen molar-refractivity contribution in [2.75, 3.05) is 38.1 Å². The highest BCUT2D eigenvalue weighted by molar-refractivity contribution is 7.98. The van der Waals surface area contributed by atoms with Crippen LogP contribution in [0.15, 0.2) is 24.4 Å². The Morgan fingerprint density at radius 2 is 1.90 bits per heavy atom. The molecule has 1 heterocycles. The summed E-state index contributed by atoms with van der Waals surface area (Å²) in [5.74, 6) is 3.57. The van der Waals surface area contributed by atoms with Gasteiger partial charge >= 0.3 is 0 Å². The molecule has 0 aliphatic rings. The summed E-state index contributed by atoms with van der Waals surface area (Å²) in [5.41, 5.74) is 0. The van der Waals surface area contributed by atoms with Gasteiger partial charge in [0.2, 0.25) is 0 Å².